The van der Waals surface area contributed by atoms with Gasteiger partial charge in [-0.3, -0.25) is 9.59 Å². The molecule has 0 fully saturated rings. The van der Waals surface area contributed by atoms with Gasteiger partial charge in [0.25, 0.3) is 5.78 Å². The molecule has 4 rings (SSSR count). The molecular formula is C19H14N4O2S2. The van der Waals surface area contributed by atoms with E-state index >= 15 is 0 Å². The van der Waals surface area contributed by atoms with Crippen molar-refractivity contribution in [1.29, 1.82) is 0 Å². The smallest absolute Gasteiger partial charge is 0.252 e. The number of hydrogen-bond acceptors (Lipinski definition) is 6. The van der Waals surface area contributed by atoms with Gasteiger partial charge in [-0.1, -0.05) is 41.2 Å². The normalized spacial score (nSPS) is 11.9. The minimum absolute atomic E-state index is 0.245. The molecule has 0 saturated heterocycles. The first kappa shape index (κ1) is 17.4. The van der Waals surface area contributed by atoms with Crippen molar-refractivity contribution in [3.05, 3.63) is 68.9 Å². The average molecular weight is 394 g/mol. The topological polar surface area (TPSA) is 77.2 Å². The van der Waals surface area contributed by atoms with E-state index < -0.39 is 0 Å². The zero-order valence-corrected chi connectivity index (χ0v) is 16.2. The number of thiazole rings is 1. The molecule has 4 aromatic rings. The number of aromatic nitrogens is 3. The summed E-state index contributed by atoms with van der Waals surface area (Å²) in [5.74, 6) is -0.620. The van der Waals surface area contributed by atoms with Crippen LogP contribution in [0.15, 0.2) is 53.5 Å². The monoisotopic (exact) mass is 394 g/mol. The Labute approximate surface area is 162 Å². The first-order valence-corrected chi connectivity index (χ1v) is 9.77. The molecule has 0 aliphatic heterocycles. The fraction of sp³-hybridized carbons (Fsp3) is 0.105. The van der Waals surface area contributed by atoms with Gasteiger partial charge in [-0.15, -0.1) is 11.3 Å². The third kappa shape index (κ3) is 3.49. The maximum atomic E-state index is 12.9. The lowest BCUT2D eigenvalue weighted by atomic mass is 10.2. The second-order valence-corrected chi connectivity index (χ2v) is 7.87. The quantitative estimate of drug-likeness (QED) is 0.498. The number of carbonyl (C=O) groups is 2. The van der Waals surface area contributed by atoms with E-state index in [9.17, 15) is 9.59 Å². The van der Waals surface area contributed by atoms with Crippen LogP contribution in [0.2, 0.25) is 0 Å². The number of para-hydroxylation sites is 1. The van der Waals surface area contributed by atoms with E-state index in [-0.39, 0.29) is 16.7 Å². The molecule has 0 spiro atoms. The maximum Gasteiger partial charge on any atom is 0.252 e. The highest BCUT2D eigenvalue weighted by molar-refractivity contribution is 7.21. The third-order valence-electron chi connectivity index (χ3n) is 3.77. The van der Waals surface area contributed by atoms with Crippen LogP contribution >= 0.6 is 22.7 Å². The van der Waals surface area contributed by atoms with Gasteiger partial charge in [0.15, 0.2) is 10.0 Å². The van der Waals surface area contributed by atoms with Crippen molar-refractivity contribution in [2.75, 3.05) is 0 Å². The summed E-state index contributed by atoms with van der Waals surface area (Å²) in [5.41, 5.74) is 2.62. The van der Waals surface area contributed by atoms with Crippen LogP contribution in [0.25, 0.3) is 15.9 Å². The molecule has 0 N–H and O–H groups in total. The number of hydrogen-bond donors (Lipinski definition) is 0. The lowest BCUT2D eigenvalue weighted by Crippen LogP contribution is -2.16. The van der Waals surface area contributed by atoms with E-state index in [1.54, 1.807) is 0 Å². The summed E-state index contributed by atoms with van der Waals surface area (Å²) >= 11 is 2.41. The highest BCUT2D eigenvalue weighted by atomic mass is 32.1. The van der Waals surface area contributed by atoms with Gasteiger partial charge in [0, 0.05) is 6.92 Å². The molecular weight excluding hydrogens is 380 g/mol. The Bertz CT molecular complexity index is 1200. The van der Waals surface area contributed by atoms with Gasteiger partial charge in [-0.2, -0.15) is 10.1 Å². The Kier molecular flexibility index (Phi) is 4.51. The van der Waals surface area contributed by atoms with Crippen LogP contribution in [0.3, 0.4) is 0 Å². The average Bonchev–Trinajstić information content (AvgIpc) is 3.25. The van der Waals surface area contributed by atoms with Gasteiger partial charge in [0.1, 0.15) is 0 Å². The van der Waals surface area contributed by atoms with Gasteiger partial charge in [-0.05, 0) is 31.2 Å². The molecule has 6 nitrogen and oxygen atoms in total. The summed E-state index contributed by atoms with van der Waals surface area (Å²) in [7, 11) is 0. The van der Waals surface area contributed by atoms with E-state index in [1.807, 2.05) is 55.5 Å². The van der Waals surface area contributed by atoms with E-state index in [2.05, 4.69) is 15.1 Å². The summed E-state index contributed by atoms with van der Waals surface area (Å²) in [5, 5.41) is 5.03. The van der Waals surface area contributed by atoms with Crippen LogP contribution in [0.5, 0.6) is 0 Å². The number of amides is 1. The summed E-state index contributed by atoms with van der Waals surface area (Å²) in [6.45, 7) is 3.35. The second-order valence-electron chi connectivity index (χ2n) is 5.88. The molecule has 0 radical (unpaired) electrons. The van der Waals surface area contributed by atoms with E-state index in [0.29, 0.717) is 9.81 Å². The van der Waals surface area contributed by atoms with Crippen molar-refractivity contribution in [1.82, 2.24) is 14.8 Å². The van der Waals surface area contributed by atoms with Gasteiger partial charge in [0.05, 0.1) is 15.9 Å². The van der Waals surface area contributed by atoms with E-state index in [0.717, 1.165) is 32.8 Å². The van der Waals surface area contributed by atoms with Crippen molar-refractivity contribution >= 4 is 44.6 Å². The molecule has 2 aromatic carbocycles. The molecule has 0 unspecified atom stereocenters. The Morgan fingerprint density at radius 1 is 1.00 bits per heavy atom. The number of benzene rings is 2. The van der Waals surface area contributed by atoms with Gasteiger partial charge in [0.2, 0.25) is 10.7 Å². The van der Waals surface area contributed by atoms with Crippen LogP contribution in [0.4, 0.5) is 0 Å². The van der Waals surface area contributed by atoms with Crippen molar-refractivity contribution in [3.8, 4) is 5.69 Å². The van der Waals surface area contributed by atoms with Crippen molar-refractivity contribution in [2.24, 2.45) is 4.99 Å². The second kappa shape index (κ2) is 6.98. The van der Waals surface area contributed by atoms with Gasteiger partial charge >= 0.3 is 0 Å². The molecule has 27 heavy (non-hydrogen) atoms. The molecule has 0 aliphatic carbocycles. The van der Waals surface area contributed by atoms with Crippen LogP contribution in [-0.2, 0) is 4.79 Å². The van der Waals surface area contributed by atoms with Crippen molar-refractivity contribution < 1.29 is 9.59 Å². The lowest BCUT2D eigenvalue weighted by molar-refractivity contribution is -0.116. The molecule has 0 bridgehead atoms. The summed E-state index contributed by atoms with van der Waals surface area (Å²) in [4.78, 5) is 33.2. The summed E-state index contributed by atoms with van der Waals surface area (Å²) in [6, 6.07) is 15.2. The predicted octanol–water partition coefficient (Wildman–Crippen LogP) is 3.53. The minimum Gasteiger partial charge on any atom is -0.283 e. The molecule has 0 aliphatic rings. The maximum absolute atomic E-state index is 12.9. The van der Waals surface area contributed by atoms with Crippen LogP contribution in [0.1, 0.15) is 27.3 Å². The zero-order chi connectivity index (χ0) is 19.0. The fourth-order valence-electron chi connectivity index (χ4n) is 2.50. The number of aryl methyl sites for hydroxylation is 1. The molecule has 2 aromatic heterocycles. The lowest BCUT2D eigenvalue weighted by Gasteiger charge is -2.01. The molecule has 0 atom stereocenters. The third-order valence-corrected chi connectivity index (χ3v) is 5.72. The molecule has 1 amide bonds. The molecule has 8 heteroatoms. The van der Waals surface area contributed by atoms with Crippen molar-refractivity contribution in [3.63, 3.8) is 0 Å². The zero-order valence-electron chi connectivity index (χ0n) is 14.5. The summed E-state index contributed by atoms with van der Waals surface area (Å²) in [6.07, 6.45) is 0. The Balaban J connectivity index is 1.82. The van der Waals surface area contributed by atoms with Crippen LogP contribution in [-0.4, -0.2) is 26.5 Å². The number of carbonyl (C=O) groups excluding carboxylic acids is 2. The standard InChI is InChI=1S/C19H14N4O2S2/c1-11-7-9-13(10-8-11)23-19(20-12(2)24)27-18(22-23)16(25)17-21-14-5-3-4-6-15(14)26-17/h3-10H,1-2H3. The molecule has 134 valence electrons. The molecule has 2 heterocycles. The number of ketones is 1. The minimum atomic E-state index is -0.349. The van der Waals surface area contributed by atoms with Gasteiger partial charge in [-0.25, -0.2) is 9.67 Å². The fourth-order valence-corrected chi connectivity index (χ4v) is 4.36. The number of fused-ring (bicyclic) bond motifs is 1. The highest BCUT2D eigenvalue weighted by Crippen LogP contribution is 2.24. The largest absolute Gasteiger partial charge is 0.283 e. The van der Waals surface area contributed by atoms with E-state index in [1.165, 1.54) is 22.9 Å². The number of nitrogens with zero attached hydrogens (tertiary/aromatic N) is 4. The van der Waals surface area contributed by atoms with Gasteiger partial charge < -0.3 is 0 Å². The summed E-state index contributed by atoms with van der Waals surface area (Å²) < 4.78 is 2.46. The molecule has 0 saturated carbocycles. The predicted molar refractivity (Wildman–Crippen MR) is 105 cm³/mol. The van der Waals surface area contributed by atoms with Crippen LogP contribution in [0, 0.1) is 6.92 Å². The Hall–Kier alpha value is -2.97. The number of rotatable bonds is 3. The van der Waals surface area contributed by atoms with Crippen molar-refractivity contribution in [2.45, 2.75) is 13.8 Å². The van der Waals surface area contributed by atoms with Crippen LogP contribution < -0.4 is 4.80 Å². The first-order valence-electron chi connectivity index (χ1n) is 8.14. The Morgan fingerprint density at radius 3 is 2.44 bits per heavy atom. The SMILES string of the molecule is CC(=O)N=c1sc(C(=O)c2nc3ccccc3s2)nn1-c1ccc(C)cc1. The first-order chi connectivity index (χ1) is 13.0. The Morgan fingerprint density at radius 2 is 1.74 bits per heavy atom. The van der Waals surface area contributed by atoms with E-state index in [4.69, 9.17) is 0 Å². The highest BCUT2D eigenvalue weighted by Gasteiger charge is 2.20.